The van der Waals surface area contributed by atoms with E-state index in [1.807, 2.05) is 34.6 Å². The number of hydrogen-bond donors (Lipinski definition) is 1. The van der Waals surface area contributed by atoms with Crippen molar-refractivity contribution in [3.05, 3.63) is 29.8 Å². The third kappa shape index (κ3) is 5.12. The molecule has 2 heterocycles. The molecule has 0 amide bonds. The third-order valence-corrected chi connectivity index (χ3v) is 5.17. The molecule has 1 aromatic heterocycles. The van der Waals surface area contributed by atoms with Crippen molar-refractivity contribution >= 4 is 11.4 Å². The summed E-state index contributed by atoms with van der Waals surface area (Å²) in [7, 11) is 0. The Kier molecular flexibility index (Phi) is 5.68. The van der Waals surface area contributed by atoms with E-state index in [2.05, 4.69) is 9.71 Å². The normalized spacial score (nSPS) is 23.7. The number of aromatic nitrogens is 1. The molecule has 23 heavy (non-hydrogen) atoms. The molecule has 0 bridgehead atoms. The van der Waals surface area contributed by atoms with Gasteiger partial charge in [0.2, 0.25) is 0 Å². The maximum absolute atomic E-state index is 13.9. The van der Waals surface area contributed by atoms with Crippen LogP contribution in [-0.2, 0) is 27.3 Å². The highest BCUT2D eigenvalue weighted by Crippen LogP contribution is 2.27. The first kappa shape index (κ1) is 18.6. The van der Waals surface area contributed by atoms with Crippen LogP contribution in [0.2, 0.25) is 0 Å². The highest BCUT2D eigenvalue weighted by molar-refractivity contribution is 7.90. The average molecular weight is 344 g/mol. The van der Waals surface area contributed by atoms with Gasteiger partial charge in [-0.1, -0.05) is 0 Å². The summed E-state index contributed by atoms with van der Waals surface area (Å²) >= 11 is -1.30. The molecule has 1 aromatic rings. The lowest BCUT2D eigenvalue weighted by molar-refractivity contribution is -0.141. The van der Waals surface area contributed by atoms with Gasteiger partial charge in [-0.15, -0.1) is 4.72 Å². The number of hydrogen-bond acceptors (Lipinski definition) is 5. The number of nitrogens with zero attached hydrogens (tertiary/aromatic N) is 1. The number of pyridine rings is 1. The third-order valence-electron chi connectivity index (χ3n) is 3.54. The van der Waals surface area contributed by atoms with Gasteiger partial charge in [0, 0.05) is 24.0 Å². The minimum Gasteiger partial charge on any atom is -0.598 e. The van der Waals surface area contributed by atoms with Crippen molar-refractivity contribution in [1.82, 2.24) is 9.71 Å². The van der Waals surface area contributed by atoms with Crippen molar-refractivity contribution in [1.29, 1.82) is 0 Å². The monoisotopic (exact) mass is 344 g/mol. The molecule has 0 aromatic carbocycles. The summed E-state index contributed by atoms with van der Waals surface area (Å²) in [6.07, 6.45) is 1.50. The lowest BCUT2D eigenvalue weighted by atomic mass is 10.1. The zero-order valence-electron chi connectivity index (χ0n) is 14.3. The highest BCUT2D eigenvalue weighted by atomic mass is 32.2. The van der Waals surface area contributed by atoms with Crippen LogP contribution in [0.4, 0.5) is 4.39 Å². The predicted octanol–water partition coefficient (Wildman–Crippen LogP) is 2.34. The zero-order chi connectivity index (χ0) is 17.3. The molecule has 1 unspecified atom stereocenters. The van der Waals surface area contributed by atoms with E-state index in [0.29, 0.717) is 12.3 Å². The first-order valence-corrected chi connectivity index (χ1v) is 8.83. The molecular formula is C16H25FN2O3S. The number of ether oxygens (including phenoxy) is 2. The van der Waals surface area contributed by atoms with Gasteiger partial charge in [-0.3, -0.25) is 4.98 Å². The molecule has 1 aliphatic rings. The van der Waals surface area contributed by atoms with Gasteiger partial charge < -0.3 is 14.0 Å². The van der Waals surface area contributed by atoms with Crippen LogP contribution in [0, 0.1) is 5.82 Å². The fourth-order valence-electron chi connectivity index (χ4n) is 2.25. The Morgan fingerprint density at radius 1 is 1.52 bits per heavy atom. The molecule has 0 radical (unpaired) electrons. The van der Waals surface area contributed by atoms with E-state index < -0.39 is 21.9 Å². The molecule has 0 spiro atoms. The highest BCUT2D eigenvalue weighted by Gasteiger charge is 2.41. The molecule has 1 saturated heterocycles. The molecular weight excluding hydrogens is 319 g/mol. The van der Waals surface area contributed by atoms with E-state index in [1.54, 1.807) is 12.3 Å². The minimum absolute atomic E-state index is 0.276. The SMILES string of the molecule is CC1(C)OC[C@H](C(Cc2ncccc2F)N[S@+]([O-])C(C)(C)C)O1. The Labute approximate surface area is 140 Å². The lowest BCUT2D eigenvalue weighted by Crippen LogP contribution is -2.51. The minimum atomic E-state index is -1.30. The van der Waals surface area contributed by atoms with Crippen molar-refractivity contribution in [2.75, 3.05) is 6.61 Å². The average Bonchev–Trinajstić information content (AvgIpc) is 2.79. The van der Waals surface area contributed by atoms with Crippen LogP contribution >= 0.6 is 0 Å². The van der Waals surface area contributed by atoms with Gasteiger partial charge in [0.05, 0.1) is 18.3 Å². The van der Waals surface area contributed by atoms with Crippen LogP contribution in [0.5, 0.6) is 0 Å². The summed E-state index contributed by atoms with van der Waals surface area (Å²) in [6.45, 7) is 9.65. The van der Waals surface area contributed by atoms with Crippen molar-refractivity contribution in [3.8, 4) is 0 Å². The molecule has 0 aliphatic carbocycles. The molecule has 7 heteroatoms. The Morgan fingerprint density at radius 3 is 2.74 bits per heavy atom. The van der Waals surface area contributed by atoms with Crippen molar-refractivity contribution in [2.24, 2.45) is 0 Å². The summed E-state index contributed by atoms with van der Waals surface area (Å²) in [5.41, 5.74) is 0.323. The van der Waals surface area contributed by atoms with E-state index in [4.69, 9.17) is 9.47 Å². The van der Waals surface area contributed by atoms with Crippen molar-refractivity contribution < 1.29 is 18.4 Å². The summed E-state index contributed by atoms with van der Waals surface area (Å²) in [5.74, 6) is -1.07. The van der Waals surface area contributed by atoms with Gasteiger partial charge in [-0.05, 0) is 46.8 Å². The van der Waals surface area contributed by atoms with Gasteiger partial charge in [0.15, 0.2) is 5.79 Å². The molecule has 2 rings (SSSR count). The maximum Gasteiger partial charge on any atom is 0.163 e. The van der Waals surface area contributed by atoms with Crippen LogP contribution in [0.15, 0.2) is 18.3 Å². The Hall–Kier alpha value is -0.730. The van der Waals surface area contributed by atoms with Crippen LogP contribution in [-0.4, -0.2) is 38.8 Å². The molecule has 5 nitrogen and oxygen atoms in total. The Morgan fingerprint density at radius 2 is 2.22 bits per heavy atom. The summed E-state index contributed by atoms with van der Waals surface area (Å²) in [6, 6.07) is 2.56. The molecule has 3 atom stereocenters. The molecule has 130 valence electrons. The second kappa shape index (κ2) is 7.03. The molecule has 1 fully saturated rings. The van der Waals surface area contributed by atoms with Crippen LogP contribution in [0.1, 0.15) is 40.3 Å². The first-order chi connectivity index (χ1) is 10.6. The van der Waals surface area contributed by atoms with Gasteiger partial charge in [-0.2, -0.15) is 0 Å². The molecule has 1 N–H and O–H groups in total. The summed E-state index contributed by atoms with van der Waals surface area (Å²) < 4.78 is 40.5. The largest absolute Gasteiger partial charge is 0.598 e. The second-order valence-electron chi connectivity index (χ2n) is 7.11. The van der Waals surface area contributed by atoms with Crippen molar-refractivity contribution in [2.45, 2.75) is 63.7 Å². The smallest absolute Gasteiger partial charge is 0.163 e. The Balaban J connectivity index is 2.16. The van der Waals surface area contributed by atoms with E-state index in [0.717, 1.165) is 0 Å². The van der Waals surface area contributed by atoms with Crippen LogP contribution < -0.4 is 4.72 Å². The Bertz CT molecular complexity index is 536. The molecule has 1 aliphatic heterocycles. The fourth-order valence-corrected chi connectivity index (χ4v) is 3.12. The van der Waals surface area contributed by atoms with Gasteiger partial charge in [0.25, 0.3) is 0 Å². The predicted molar refractivity (Wildman–Crippen MR) is 87.6 cm³/mol. The standard InChI is InChI=1S/C16H25FN2O3S/c1-15(2,3)23(20)19-13(14-10-21-16(4,5)22-14)9-12-11(17)7-6-8-18-12/h6-8,13-14,19H,9-10H2,1-5H3/t13?,14-,23-/m1/s1. The molecule has 0 saturated carbocycles. The topological polar surface area (TPSA) is 66.4 Å². The van der Waals surface area contributed by atoms with Crippen molar-refractivity contribution in [3.63, 3.8) is 0 Å². The fraction of sp³-hybridized carbons (Fsp3) is 0.688. The van der Waals surface area contributed by atoms with Crippen LogP contribution in [0.25, 0.3) is 0 Å². The zero-order valence-corrected chi connectivity index (χ0v) is 15.1. The maximum atomic E-state index is 13.9. The van der Waals surface area contributed by atoms with Gasteiger partial charge in [0.1, 0.15) is 16.7 Å². The number of nitrogens with one attached hydrogen (secondary N) is 1. The van der Waals surface area contributed by atoms with Crippen LogP contribution in [0.3, 0.4) is 0 Å². The lowest BCUT2D eigenvalue weighted by Gasteiger charge is -2.30. The van der Waals surface area contributed by atoms with E-state index in [9.17, 15) is 8.94 Å². The van der Waals surface area contributed by atoms with E-state index >= 15 is 0 Å². The second-order valence-corrected chi connectivity index (χ2v) is 9.11. The quantitative estimate of drug-likeness (QED) is 0.831. The van der Waals surface area contributed by atoms with E-state index in [1.165, 1.54) is 6.07 Å². The number of rotatable bonds is 5. The first-order valence-electron chi connectivity index (χ1n) is 7.68. The van der Waals surface area contributed by atoms with Gasteiger partial charge in [-0.25, -0.2) is 4.39 Å². The number of halogens is 1. The summed E-state index contributed by atoms with van der Waals surface area (Å²) in [5, 5.41) is 0. The van der Waals surface area contributed by atoms with E-state index in [-0.39, 0.29) is 24.4 Å². The van der Waals surface area contributed by atoms with Gasteiger partial charge >= 0.3 is 0 Å². The summed E-state index contributed by atoms with van der Waals surface area (Å²) in [4.78, 5) is 4.08.